The Hall–Kier alpha value is -2.14. The summed E-state index contributed by atoms with van der Waals surface area (Å²) < 4.78 is 21.8. The highest BCUT2D eigenvalue weighted by molar-refractivity contribution is 8.00. The maximum absolute atomic E-state index is 14.9. The van der Waals surface area contributed by atoms with Crippen molar-refractivity contribution in [3.8, 4) is 0 Å². The largest absolute Gasteiger partial charge is 0.454 e. The molecule has 8 nitrogen and oxygen atoms in total. The lowest BCUT2D eigenvalue weighted by Crippen LogP contribution is -2.44. The van der Waals surface area contributed by atoms with E-state index in [-0.39, 0.29) is 16.3 Å². The first kappa shape index (κ1) is 20.1. The van der Waals surface area contributed by atoms with Crippen molar-refractivity contribution in [2.24, 2.45) is 0 Å². The first-order chi connectivity index (χ1) is 14.0. The van der Waals surface area contributed by atoms with E-state index in [2.05, 4.69) is 5.32 Å². The Bertz CT molecular complexity index is 1020. The molecule has 0 aliphatic carbocycles. The van der Waals surface area contributed by atoms with Crippen molar-refractivity contribution < 1.29 is 24.1 Å². The van der Waals surface area contributed by atoms with Crippen molar-refractivity contribution in [2.75, 3.05) is 44.3 Å². The van der Waals surface area contributed by atoms with Crippen molar-refractivity contribution in [3.63, 3.8) is 0 Å². The second-order valence-corrected chi connectivity index (χ2v) is 8.35. The number of fused-ring (bicyclic) bond motifs is 3. The van der Waals surface area contributed by atoms with Gasteiger partial charge >= 0.3 is 5.97 Å². The van der Waals surface area contributed by atoms with Crippen LogP contribution in [0.2, 0.25) is 0 Å². The number of benzene rings is 1. The van der Waals surface area contributed by atoms with Gasteiger partial charge in [-0.3, -0.25) is 4.79 Å². The van der Waals surface area contributed by atoms with Crippen LogP contribution in [0.15, 0.2) is 22.0 Å². The number of thioether (sulfide) groups is 1. The molecule has 29 heavy (non-hydrogen) atoms. The van der Waals surface area contributed by atoms with E-state index < -0.39 is 36.5 Å². The maximum Gasteiger partial charge on any atom is 0.345 e. The minimum absolute atomic E-state index is 0.0348. The number of esters is 1. The van der Waals surface area contributed by atoms with E-state index in [1.54, 1.807) is 6.07 Å². The molecule has 3 N–H and O–H groups in total. The summed E-state index contributed by atoms with van der Waals surface area (Å²) in [6.45, 7) is 3.63. The topological polar surface area (TPSA) is 104 Å². The second kappa shape index (κ2) is 7.94. The molecule has 156 valence electrons. The van der Waals surface area contributed by atoms with Gasteiger partial charge in [-0.15, -0.1) is 0 Å². The van der Waals surface area contributed by atoms with Crippen molar-refractivity contribution in [2.45, 2.75) is 23.4 Å². The average molecular weight is 423 g/mol. The number of anilines is 1. The first-order valence-corrected chi connectivity index (χ1v) is 10.3. The van der Waals surface area contributed by atoms with Gasteiger partial charge in [-0.2, -0.15) is 0 Å². The van der Waals surface area contributed by atoms with Gasteiger partial charge in [-0.1, -0.05) is 11.8 Å². The molecule has 0 saturated carbocycles. The predicted octanol–water partition coefficient (Wildman–Crippen LogP) is 0.684. The molecule has 1 aromatic carbocycles. The monoisotopic (exact) mass is 423 g/mol. The van der Waals surface area contributed by atoms with Crippen LogP contribution in [-0.4, -0.2) is 66.2 Å². The van der Waals surface area contributed by atoms with Crippen LogP contribution in [0.3, 0.4) is 0 Å². The van der Waals surface area contributed by atoms with E-state index in [1.165, 1.54) is 17.8 Å². The summed E-state index contributed by atoms with van der Waals surface area (Å²) in [6.07, 6.45) is -1.12. The number of carbonyl (C=O) groups excluding carboxylic acids is 1. The minimum Gasteiger partial charge on any atom is -0.454 e. The van der Waals surface area contributed by atoms with Crippen LogP contribution in [0, 0.1) is 5.82 Å². The van der Waals surface area contributed by atoms with Crippen LogP contribution in [0.4, 0.5) is 10.1 Å². The Kier molecular flexibility index (Phi) is 5.52. The Labute approximate surface area is 170 Å². The summed E-state index contributed by atoms with van der Waals surface area (Å²) in [7, 11) is 0. The number of hydrogen-bond donors (Lipinski definition) is 3. The molecule has 0 radical (unpaired) electrons. The van der Waals surface area contributed by atoms with Crippen LogP contribution >= 0.6 is 11.8 Å². The van der Waals surface area contributed by atoms with Crippen LogP contribution in [-0.2, 0) is 4.74 Å². The van der Waals surface area contributed by atoms with Gasteiger partial charge in [-0.05, 0) is 19.1 Å². The number of halogens is 1. The van der Waals surface area contributed by atoms with Crippen molar-refractivity contribution in [3.05, 3.63) is 33.7 Å². The molecule has 2 aliphatic heterocycles. The van der Waals surface area contributed by atoms with Crippen molar-refractivity contribution >= 4 is 34.3 Å². The number of aromatic nitrogens is 1. The third kappa shape index (κ3) is 3.39. The summed E-state index contributed by atoms with van der Waals surface area (Å²) in [5.41, 5.74) is 0.203. The molecule has 1 atom stereocenters. The lowest BCUT2D eigenvalue weighted by atomic mass is 10.1. The number of carbonyl (C=O) groups is 1. The zero-order valence-electron chi connectivity index (χ0n) is 15.9. The van der Waals surface area contributed by atoms with E-state index in [4.69, 9.17) is 14.9 Å². The molecule has 0 bridgehead atoms. The predicted molar refractivity (Wildman–Crippen MR) is 107 cm³/mol. The Balaban J connectivity index is 1.85. The average Bonchev–Trinajstić information content (AvgIpc) is 2.72. The Morgan fingerprint density at radius 3 is 2.66 bits per heavy atom. The molecule has 1 saturated heterocycles. The van der Waals surface area contributed by atoms with Crippen LogP contribution < -0.4 is 15.6 Å². The SMILES string of the molecule is CC1Sc2c(C(=O)OC(CO)CO)c(=O)c3cc(F)c(N4CCNCC4)cc3n21. The highest BCUT2D eigenvalue weighted by Gasteiger charge is 2.34. The molecule has 0 amide bonds. The van der Waals surface area contributed by atoms with E-state index >= 15 is 0 Å². The van der Waals surface area contributed by atoms with Crippen molar-refractivity contribution in [1.29, 1.82) is 0 Å². The van der Waals surface area contributed by atoms with Gasteiger partial charge in [0.25, 0.3) is 0 Å². The third-order valence-electron chi connectivity index (χ3n) is 5.22. The number of ether oxygens (including phenoxy) is 1. The molecule has 4 rings (SSSR count). The number of aliphatic hydroxyl groups is 2. The number of pyridine rings is 1. The molecule has 1 unspecified atom stereocenters. The van der Waals surface area contributed by atoms with Gasteiger partial charge in [-0.25, -0.2) is 9.18 Å². The Morgan fingerprint density at radius 2 is 2.03 bits per heavy atom. The second-order valence-electron chi connectivity index (χ2n) is 7.05. The van der Waals surface area contributed by atoms with Crippen LogP contribution in [0.1, 0.15) is 22.7 Å². The van der Waals surface area contributed by atoms with Crippen LogP contribution in [0.25, 0.3) is 10.9 Å². The van der Waals surface area contributed by atoms with E-state index in [0.29, 0.717) is 29.3 Å². The van der Waals surface area contributed by atoms with E-state index in [1.807, 2.05) is 16.4 Å². The van der Waals surface area contributed by atoms with Gasteiger partial charge in [0.2, 0.25) is 5.43 Å². The van der Waals surface area contributed by atoms with E-state index in [9.17, 15) is 14.0 Å². The quantitative estimate of drug-likeness (QED) is 0.604. The summed E-state index contributed by atoms with van der Waals surface area (Å²) in [6, 6.07) is 2.86. The van der Waals surface area contributed by atoms with Gasteiger partial charge in [0.05, 0.1) is 34.8 Å². The summed E-state index contributed by atoms with van der Waals surface area (Å²) >= 11 is 1.35. The van der Waals surface area contributed by atoms with Gasteiger partial charge in [0.15, 0.2) is 0 Å². The maximum atomic E-state index is 14.9. The number of rotatable bonds is 5. The van der Waals surface area contributed by atoms with Gasteiger partial charge in [0, 0.05) is 31.6 Å². The summed E-state index contributed by atoms with van der Waals surface area (Å²) in [4.78, 5) is 27.5. The number of nitrogens with zero attached hydrogens (tertiary/aromatic N) is 2. The van der Waals surface area contributed by atoms with Gasteiger partial charge in [0.1, 0.15) is 17.5 Å². The number of piperazine rings is 1. The summed E-state index contributed by atoms with van der Waals surface area (Å²) in [5, 5.41) is 22.0. The fourth-order valence-electron chi connectivity index (χ4n) is 3.71. The molecule has 3 heterocycles. The molecule has 0 spiro atoms. The zero-order chi connectivity index (χ0) is 20.7. The molecule has 2 aromatic rings. The van der Waals surface area contributed by atoms with Crippen molar-refractivity contribution in [1.82, 2.24) is 9.88 Å². The fourth-order valence-corrected chi connectivity index (χ4v) is 4.86. The van der Waals surface area contributed by atoms with Gasteiger partial charge < -0.3 is 29.7 Å². The standard InChI is InChI=1S/C19H22FN3O5S/c1-10-23-14-7-15(22-4-2-21-3-5-22)13(20)6-12(14)17(26)16(18(23)29-10)19(27)28-11(8-24)9-25/h6-7,10-11,21,24-25H,2-5,8-9H2,1H3. The number of aliphatic hydroxyl groups excluding tert-OH is 2. The molecule has 10 heteroatoms. The molecular formula is C19H22FN3O5S. The molecular weight excluding hydrogens is 401 g/mol. The normalized spacial score (nSPS) is 18.7. The fraction of sp³-hybridized carbons (Fsp3) is 0.474. The first-order valence-electron chi connectivity index (χ1n) is 9.43. The molecule has 2 aliphatic rings. The third-order valence-corrected chi connectivity index (χ3v) is 6.39. The molecule has 1 aromatic heterocycles. The smallest absolute Gasteiger partial charge is 0.345 e. The Morgan fingerprint density at radius 1 is 1.34 bits per heavy atom. The zero-order valence-corrected chi connectivity index (χ0v) is 16.7. The highest BCUT2D eigenvalue weighted by Crippen LogP contribution is 2.46. The molecule has 1 fully saturated rings. The van der Waals surface area contributed by atoms with Crippen LogP contribution in [0.5, 0.6) is 0 Å². The minimum atomic E-state index is -1.12. The number of nitrogens with one attached hydrogen (secondary N) is 1. The lowest BCUT2D eigenvalue weighted by molar-refractivity contribution is -0.00604. The highest BCUT2D eigenvalue weighted by atomic mass is 32.2. The number of hydrogen-bond acceptors (Lipinski definition) is 8. The summed E-state index contributed by atoms with van der Waals surface area (Å²) in [5.74, 6) is -1.45. The lowest BCUT2D eigenvalue weighted by Gasteiger charge is -2.34. The van der Waals surface area contributed by atoms with E-state index in [0.717, 1.165) is 13.1 Å².